The van der Waals surface area contributed by atoms with Crippen LogP contribution < -0.4 is 10.1 Å². The molecule has 94 valence electrons. The molecule has 0 heterocycles. The Bertz CT molecular complexity index is 414. The van der Waals surface area contributed by atoms with E-state index in [1.165, 1.54) is 0 Å². The predicted octanol–water partition coefficient (Wildman–Crippen LogP) is 1.81. The van der Waals surface area contributed by atoms with E-state index in [1.807, 2.05) is 26.0 Å². The third kappa shape index (κ3) is 3.12. The molecule has 0 aliphatic heterocycles. The molecule has 0 unspecified atom stereocenters. The third-order valence-electron chi connectivity index (χ3n) is 2.89. The van der Waals surface area contributed by atoms with Gasteiger partial charge in [0, 0.05) is 19.8 Å². The summed E-state index contributed by atoms with van der Waals surface area (Å²) in [5.41, 5.74) is 3.17. The van der Waals surface area contributed by atoms with E-state index in [1.54, 1.807) is 26.1 Å². The first-order valence-electron chi connectivity index (χ1n) is 5.55. The maximum absolute atomic E-state index is 11.5. The molecule has 0 saturated carbocycles. The van der Waals surface area contributed by atoms with Gasteiger partial charge in [0.15, 0.2) is 0 Å². The number of rotatable bonds is 4. The number of nitrogens with one attached hydrogen (secondary N) is 1. The van der Waals surface area contributed by atoms with E-state index in [4.69, 9.17) is 4.74 Å². The Kier molecular flexibility index (Phi) is 4.37. The van der Waals surface area contributed by atoms with Gasteiger partial charge < -0.3 is 15.0 Å². The topological polar surface area (TPSA) is 41.6 Å². The second-order valence-electron chi connectivity index (χ2n) is 4.21. The molecule has 0 atom stereocenters. The Labute approximate surface area is 103 Å². The van der Waals surface area contributed by atoms with Crippen molar-refractivity contribution in [1.82, 2.24) is 4.90 Å². The van der Waals surface area contributed by atoms with E-state index in [2.05, 4.69) is 5.32 Å². The third-order valence-corrected chi connectivity index (χ3v) is 2.89. The van der Waals surface area contributed by atoms with Crippen LogP contribution in [-0.2, 0) is 4.79 Å². The molecule has 0 aromatic heterocycles. The molecule has 17 heavy (non-hydrogen) atoms. The van der Waals surface area contributed by atoms with Gasteiger partial charge in [-0.05, 0) is 37.1 Å². The molecule has 0 spiro atoms. The van der Waals surface area contributed by atoms with Crippen molar-refractivity contribution in [3.63, 3.8) is 0 Å². The molecule has 1 aromatic carbocycles. The Morgan fingerprint density at radius 3 is 2.47 bits per heavy atom. The summed E-state index contributed by atoms with van der Waals surface area (Å²) in [6.07, 6.45) is 0. The van der Waals surface area contributed by atoms with Crippen molar-refractivity contribution in [1.29, 1.82) is 0 Å². The van der Waals surface area contributed by atoms with E-state index < -0.39 is 0 Å². The molecular weight excluding hydrogens is 216 g/mol. The summed E-state index contributed by atoms with van der Waals surface area (Å²) in [6, 6.07) is 3.84. The fourth-order valence-corrected chi connectivity index (χ4v) is 1.54. The van der Waals surface area contributed by atoms with Crippen molar-refractivity contribution in [3.05, 3.63) is 23.3 Å². The lowest BCUT2D eigenvalue weighted by Gasteiger charge is -2.15. The second-order valence-corrected chi connectivity index (χ2v) is 4.21. The van der Waals surface area contributed by atoms with E-state index in [0.717, 1.165) is 22.6 Å². The summed E-state index contributed by atoms with van der Waals surface area (Å²) in [4.78, 5) is 13.0. The number of hydrogen-bond donors (Lipinski definition) is 1. The molecule has 1 N–H and O–H groups in total. The van der Waals surface area contributed by atoms with Gasteiger partial charge in [-0.25, -0.2) is 0 Å². The first-order valence-corrected chi connectivity index (χ1v) is 5.55. The largest absolute Gasteiger partial charge is 0.496 e. The number of amides is 1. The first-order chi connectivity index (χ1) is 7.97. The zero-order valence-electron chi connectivity index (χ0n) is 11.1. The van der Waals surface area contributed by atoms with Crippen molar-refractivity contribution in [2.75, 3.05) is 33.1 Å². The van der Waals surface area contributed by atoms with Crippen LogP contribution in [0.1, 0.15) is 11.1 Å². The Morgan fingerprint density at radius 2 is 1.94 bits per heavy atom. The molecule has 1 aromatic rings. The number of anilines is 1. The lowest BCUT2D eigenvalue weighted by molar-refractivity contribution is -0.126. The van der Waals surface area contributed by atoms with E-state index in [9.17, 15) is 4.79 Å². The molecular formula is C13H20N2O2. The Morgan fingerprint density at radius 1 is 1.29 bits per heavy atom. The van der Waals surface area contributed by atoms with Gasteiger partial charge in [0.05, 0.1) is 13.7 Å². The number of benzene rings is 1. The van der Waals surface area contributed by atoms with E-state index >= 15 is 0 Å². The highest BCUT2D eigenvalue weighted by Crippen LogP contribution is 2.26. The molecule has 0 aliphatic rings. The number of ether oxygens (including phenoxy) is 1. The maximum atomic E-state index is 11.5. The van der Waals surface area contributed by atoms with Crippen LogP contribution in [0.3, 0.4) is 0 Å². The lowest BCUT2D eigenvalue weighted by Crippen LogP contribution is -2.28. The molecule has 4 nitrogen and oxygen atoms in total. The molecule has 4 heteroatoms. The van der Waals surface area contributed by atoms with Gasteiger partial charge in [0.2, 0.25) is 5.91 Å². The number of methoxy groups -OCH3 is 1. The fraction of sp³-hybridized carbons (Fsp3) is 0.462. The minimum Gasteiger partial charge on any atom is -0.496 e. The number of likely N-dealkylation sites (N-methyl/N-ethyl adjacent to an activating group) is 1. The standard InChI is InChI=1S/C13H20N2O2/c1-9-10(2)12(17-5)7-6-11(9)14-8-13(16)15(3)4/h6-7,14H,8H2,1-5H3. The summed E-state index contributed by atoms with van der Waals surface area (Å²) >= 11 is 0. The van der Waals surface area contributed by atoms with Crippen LogP contribution in [0.4, 0.5) is 5.69 Å². The average molecular weight is 236 g/mol. The van der Waals surface area contributed by atoms with Gasteiger partial charge in [-0.2, -0.15) is 0 Å². The quantitative estimate of drug-likeness (QED) is 0.867. The monoisotopic (exact) mass is 236 g/mol. The van der Waals surface area contributed by atoms with Gasteiger partial charge in [0.25, 0.3) is 0 Å². The summed E-state index contributed by atoms with van der Waals surface area (Å²) in [5, 5.41) is 3.14. The summed E-state index contributed by atoms with van der Waals surface area (Å²) in [6.45, 7) is 4.33. The molecule has 0 bridgehead atoms. The van der Waals surface area contributed by atoms with Crippen LogP contribution in [-0.4, -0.2) is 38.6 Å². The van der Waals surface area contributed by atoms with Crippen molar-refractivity contribution < 1.29 is 9.53 Å². The zero-order chi connectivity index (χ0) is 13.0. The van der Waals surface area contributed by atoms with Crippen LogP contribution in [0, 0.1) is 13.8 Å². The number of hydrogen-bond acceptors (Lipinski definition) is 3. The smallest absolute Gasteiger partial charge is 0.241 e. The fourth-order valence-electron chi connectivity index (χ4n) is 1.54. The zero-order valence-corrected chi connectivity index (χ0v) is 11.1. The summed E-state index contributed by atoms with van der Waals surface area (Å²) < 4.78 is 5.24. The normalized spacial score (nSPS) is 9.94. The predicted molar refractivity (Wildman–Crippen MR) is 69.7 cm³/mol. The molecule has 0 saturated heterocycles. The maximum Gasteiger partial charge on any atom is 0.241 e. The van der Waals surface area contributed by atoms with Gasteiger partial charge in [-0.15, -0.1) is 0 Å². The minimum absolute atomic E-state index is 0.0536. The van der Waals surface area contributed by atoms with Crippen LogP contribution in [0.15, 0.2) is 12.1 Å². The van der Waals surface area contributed by atoms with Crippen LogP contribution >= 0.6 is 0 Å². The average Bonchev–Trinajstić information content (AvgIpc) is 2.30. The van der Waals surface area contributed by atoms with Crippen molar-refractivity contribution in [3.8, 4) is 5.75 Å². The van der Waals surface area contributed by atoms with Crippen LogP contribution in [0.5, 0.6) is 5.75 Å². The van der Waals surface area contributed by atoms with Crippen molar-refractivity contribution >= 4 is 11.6 Å². The summed E-state index contributed by atoms with van der Waals surface area (Å²) in [5.74, 6) is 0.921. The number of carbonyl (C=O) groups is 1. The minimum atomic E-state index is 0.0536. The SMILES string of the molecule is COc1ccc(NCC(=O)N(C)C)c(C)c1C. The van der Waals surface area contributed by atoms with E-state index in [-0.39, 0.29) is 5.91 Å². The van der Waals surface area contributed by atoms with Crippen LogP contribution in [0.25, 0.3) is 0 Å². The highest BCUT2D eigenvalue weighted by Gasteiger charge is 2.08. The van der Waals surface area contributed by atoms with Crippen molar-refractivity contribution in [2.45, 2.75) is 13.8 Å². The second kappa shape index (κ2) is 5.57. The molecule has 1 amide bonds. The lowest BCUT2D eigenvalue weighted by atomic mass is 10.1. The Balaban J connectivity index is 2.80. The number of carbonyl (C=O) groups excluding carboxylic acids is 1. The van der Waals surface area contributed by atoms with Crippen LogP contribution in [0.2, 0.25) is 0 Å². The number of nitrogens with zero attached hydrogens (tertiary/aromatic N) is 1. The van der Waals surface area contributed by atoms with Gasteiger partial charge in [0.1, 0.15) is 5.75 Å². The van der Waals surface area contributed by atoms with E-state index in [0.29, 0.717) is 6.54 Å². The molecule has 0 aliphatic carbocycles. The highest BCUT2D eigenvalue weighted by atomic mass is 16.5. The van der Waals surface area contributed by atoms with Gasteiger partial charge >= 0.3 is 0 Å². The molecule has 1 rings (SSSR count). The molecule has 0 radical (unpaired) electrons. The van der Waals surface area contributed by atoms with Crippen molar-refractivity contribution in [2.24, 2.45) is 0 Å². The van der Waals surface area contributed by atoms with Gasteiger partial charge in [-0.1, -0.05) is 0 Å². The first kappa shape index (κ1) is 13.4. The van der Waals surface area contributed by atoms with Gasteiger partial charge in [-0.3, -0.25) is 4.79 Å². The summed E-state index contributed by atoms with van der Waals surface area (Å²) in [7, 11) is 5.15. The highest BCUT2D eigenvalue weighted by molar-refractivity contribution is 5.80. The Hall–Kier alpha value is -1.71. The molecule has 0 fully saturated rings.